The van der Waals surface area contributed by atoms with Gasteiger partial charge >= 0.3 is 0 Å². The van der Waals surface area contributed by atoms with Crippen molar-refractivity contribution in [2.24, 2.45) is 0 Å². The summed E-state index contributed by atoms with van der Waals surface area (Å²) in [7, 11) is -2.02. The summed E-state index contributed by atoms with van der Waals surface area (Å²) in [5.41, 5.74) is 0.960. The Bertz CT molecular complexity index is 515. The second-order valence-electron chi connectivity index (χ2n) is 5.03. The van der Waals surface area contributed by atoms with Gasteiger partial charge in [0, 0.05) is 26.3 Å². The highest BCUT2D eigenvalue weighted by atomic mass is 32.2. The average Bonchev–Trinajstić information content (AvgIpc) is 2.45. The molecular formula is C14H25N3O3S. The first kappa shape index (κ1) is 18.0. The Hall–Kier alpha value is -1.02. The second-order valence-corrected chi connectivity index (χ2v) is 7.02. The molecule has 21 heavy (non-hydrogen) atoms. The lowest BCUT2D eigenvalue weighted by Gasteiger charge is -2.17. The molecule has 1 aromatic heterocycles. The van der Waals surface area contributed by atoms with Gasteiger partial charge in [-0.3, -0.25) is 0 Å². The second kappa shape index (κ2) is 8.43. The lowest BCUT2D eigenvalue weighted by atomic mass is 10.3. The smallest absolute Gasteiger partial charge is 0.260 e. The van der Waals surface area contributed by atoms with Gasteiger partial charge in [0.2, 0.25) is 0 Å². The van der Waals surface area contributed by atoms with Crippen molar-refractivity contribution in [1.29, 1.82) is 0 Å². The number of hydrogen-bond donors (Lipinski definition) is 1. The van der Waals surface area contributed by atoms with Gasteiger partial charge in [-0.1, -0.05) is 13.0 Å². The topological polar surface area (TPSA) is 71.5 Å². The van der Waals surface area contributed by atoms with Gasteiger partial charge in [-0.05, 0) is 32.0 Å². The maximum absolute atomic E-state index is 12.3. The Kier molecular flexibility index (Phi) is 7.24. The highest BCUT2D eigenvalue weighted by Crippen LogP contribution is 2.12. The number of nitrogens with one attached hydrogen (secondary N) is 1. The maximum Gasteiger partial charge on any atom is 0.260 e. The van der Waals surface area contributed by atoms with Gasteiger partial charge in [0.25, 0.3) is 10.0 Å². The van der Waals surface area contributed by atoms with E-state index in [9.17, 15) is 8.42 Å². The van der Waals surface area contributed by atoms with Gasteiger partial charge in [-0.15, -0.1) is 0 Å². The van der Waals surface area contributed by atoms with Crippen LogP contribution in [0.4, 0.5) is 0 Å². The zero-order chi connectivity index (χ0) is 15.9. The SMILES string of the molecule is CCNCc1ccc(S(=O)(=O)N(C)CCOC(C)C)nc1. The van der Waals surface area contributed by atoms with Gasteiger partial charge in [-0.2, -0.15) is 4.31 Å². The number of aromatic nitrogens is 1. The van der Waals surface area contributed by atoms with Crippen LogP contribution >= 0.6 is 0 Å². The summed E-state index contributed by atoms with van der Waals surface area (Å²) in [4.78, 5) is 4.06. The number of sulfonamides is 1. The van der Waals surface area contributed by atoms with Gasteiger partial charge < -0.3 is 10.1 Å². The van der Waals surface area contributed by atoms with E-state index in [-0.39, 0.29) is 11.1 Å². The van der Waals surface area contributed by atoms with Crippen LogP contribution in [-0.2, 0) is 21.3 Å². The molecule has 0 atom stereocenters. The molecule has 0 saturated carbocycles. The van der Waals surface area contributed by atoms with Crippen molar-refractivity contribution in [2.45, 2.75) is 38.4 Å². The molecule has 0 aromatic carbocycles. The zero-order valence-corrected chi connectivity index (χ0v) is 14.0. The first-order valence-electron chi connectivity index (χ1n) is 7.11. The third-order valence-corrected chi connectivity index (χ3v) is 4.68. The monoisotopic (exact) mass is 315 g/mol. The summed E-state index contributed by atoms with van der Waals surface area (Å²) in [6.07, 6.45) is 1.68. The standard InChI is InChI=1S/C14H25N3O3S/c1-5-15-10-13-6-7-14(16-11-13)21(18,19)17(4)8-9-20-12(2)3/h6-7,11-12,15H,5,8-10H2,1-4H3. The van der Waals surface area contributed by atoms with Crippen LogP contribution in [0.5, 0.6) is 0 Å². The Morgan fingerprint density at radius 2 is 2.10 bits per heavy atom. The van der Waals surface area contributed by atoms with Gasteiger partial charge in [0.1, 0.15) is 0 Å². The fourth-order valence-corrected chi connectivity index (χ4v) is 2.69. The lowest BCUT2D eigenvalue weighted by Crippen LogP contribution is -2.31. The molecule has 0 aliphatic heterocycles. The van der Waals surface area contributed by atoms with E-state index in [0.717, 1.165) is 12.1 Å². The van der Waals surface area contributed by atoms with Crippen molar-refractivity contribution < 1.29 is 13.2 Å². The summed E-state index contributed by atoms with van der Waals surface area (Å²) in [5.74, 6) is 0. The van der Waals surface area contributed by atoms with Crippen molar-refractivity contribution in [1.82, 2.24) is 14.6 Å². The molecule has 0 fully saturated rings. The Balaban J connectivity index is 2.68. The van der Waals surface area contributed by atoms with E-state index in [0.29, 0.717) is 19.7 Å². The van der Waals surface area contributed by atoms with Gasteiger partial charge in [0.15, 0.2) is 5.03 Å². The largest absolute Gasteiger partial charge is 0.377 e. The summed E-state index contributed by atoms with van der Waals surface area (Å²) >= 11 is 0. The van der Waals surface area contributed by atoms with Crippen LogP contribution in [0, 0.1) is 0 Å². The summed E-state index contributed by atoms with van der Waals surface area (Å²) in [5, 5.41) is 3.23. The number of rotatable bonds is 9. The Morgan fingerprint density at radius 1 is 1.38 bits per heavy atom. The lowest BCUT2D eigenvalue weighted by molar-refractivity contribution is 0.0737. The minimum Gasteiger partial charge on any atom is -0.377 e. The Morgan fingerprint density at radius 3 is 2.62 bits per heavy atom. The van der Waals surface area contributed by atoms with Gasteiger partial charge in [-0.25, -0.2) is 13.4 Å². The van der Waals surface area contributed by atoms with Crippen molar-refractivity contribution in [3.05, 3.63) is 23.9 Å². The van der Waals surface area contributed by atoms with E-state index >= 15 is 0 Å². The normalized spacial score (nSPS) is 12.3. The summed E-state index contributed by atoms with van der Waals surface area (Å²) < 4.78 is 31.3. The number of likely N-dealkylation sites (N-methyl/N-ethyl adjacent to an activating group) is 1. The molecule has 1 rings (SSSR count). The highest BCUT2D eigenvalue weighted by molar-refractivity contribution is 7.89. The van der Waals surface area contributed by atoms with E-state index in [4.69, 9.17) is 4.74 Å². The molecular weight excluding hydrogens is 290 g/mol. The Labute approximate surface area is 127 Å². The molecule has 0 aliphatic carbocycles. The van der Waals surface area contributed by atoms with Crippen LogP contribution in [0.15, 0.2) is 23.4 Å². The van der Waals surface area contributed by atoms with Crippen LogP contribution in [0.2, 0.25) is 0 Å². The predicted molar refractivity (Wildman–Crippen MR) is 82.5 cm³/mol. The van der Waals surface area contributed by atoms with E-state index in [1.54, 1.807) is 18.3 Å². The molecule has 1 heterocycles. The molecule has 7 heteroatoms. The number of pyridine rings is 1. The number of nitrogens with zero attached hydrogens (tertiary/aromatic N) is 2. The third kappa shape index (κ3) is 5.70. The molecule has 120 valence electrons. The minimum atomic E-state index is -3.55. The fraction of sp³-hybridized carbons (Fsp3) is 0.643. The van der Waals surface area contributed by atoms with Crippen molar-refractivity contribution in [3.63, 3.8) is 0 Å². The molecule has 1 N–H and O–H groups in total. The fourth-order valence-electron chi connectivity index (χ4n) is 1.63. The number of hydrogen-bond acceptors (Lipinski definition) is 5. The molecule has 6 nitrogen and oxygen atoms in total. The zero-order valence-electron chi connectivity index (χ0n) is 13.2. The van der Waals surface area contributed by atoms with Crippen LogP contribution in [0.3, 0.4) is 0 Å². The van der Waals surface area contributed by atoms with Crippen LogP contribution in [0.25, 0.3) is 0 Å². The molecule has 0 bridgehead atoms. The first-order chi connectivity index (χ1) is 9.87. The van der Waals surface area contributed by atoms with Crippen LogP contribution in [-0.4, -0.2) is 50.6 Å². The number of ether oxygens (including phenoxy) is 1. The average molecular weight is 315 g/mol. The van der Waals surface area contributed by atoms with Crippen molar-refractivity contribution >= 4 is 10.0 Å². The molecule has 1 aromatic rings. The summed E-state index contributed by atoms with van der Waals surface area (Å²) in [6, 6.07) is 3.32. The molecule has 0 radical (unpaired) electrons. The molecule has 0 unspecified atom stereocenters. The predicted octanol–water partition coefficient (Wildman–Crippen LogP) is 1.24. The summed E-state index contributed by atoms with van der Waals surface area (Å²) in [6.45, 7) is 8.06. The highest BCUT2D eigenvalue weighted by Gasteiger charge is 2.21. The minimum absolute atomic E-state index is 0.0646. The van der Waals surface area contributed by atoms with Crippen molar-refractivity contribution in [3.8, 4) is 0 Å². The van der Waals surface area contributed by atoms with Crippen LogP contribution < -0.4 is 5.32 Å². The van der Waals surface area contributed by atoms with E-state index in [1.165, 1.54) is 11.4 Å². The van der Waals surface area contributed by atoms with Gasteiger partial charge in [0.05, 0.1) is 12.7 Å². The quantitative estimate of drug-likeness (QED) is 0.742. The molecule has 0 saturated heterocycles. The van der Waals surface area contributed by atoms with Crippen molar-refractivity contribution in [2.75, 3.05) is 26.7 Å². The maximum atomic E-state index is 12.3. The first-order valence-corrected chi connectivity index (χ1v) is 8.55. The molecule has 0 spiro atoms. The van der Waals surface area contributed by atoms with E-state index < -0.39 is 10.0 Å². The van der Waals surface area contributed by atoms with E-state index in [2.05, 4.69) is 10.3 Å². The van der Waals surface area contributed by atoms with Crippen LogP contribution in [0.1, 0.15) is 26.3 Å². The third-order valence-electron chi connectivity index (χ3n) is 2.91. The van der Waals surface area contributed by atoms with E-state index in [1.807, 2.05) is 20.8 Å². The molecule has 0 aliphatic rings. The molecule has 0 amide bonds.